The van der Waals surface area contributed by atoms with Gasteiger partial charge in [-0.15, -0.1) is 0 Å². The van der Waals surface area contributed by atoms with Crippen LogP contribution in [0, 0.1) is 13.8 Å². The first kappa shape index (κ1) is 15.5. The van der Waals surface area contributed by atoms with Crippen molar-refractivity contribution in [2.45, 2.75) is 25.2 Å². The van der Waals surface area contributed by atoms with Gasteiger partial charge in [0.25, 0.3) is 10.0 Å². The summed E-state index contributed by atoms with van der Waals surface area (Å²) in [5.74, 6) is 0. The van der Waals surface area contributed by atoms with Crippen molar-refractivity contribution in [1.82, 2.24) is 10.2 Å². The molecule has 6 nitrogen and oxygen atoms in total. The first-order valence-electron chi connectivity index (χ1n) is 6.76. The summed E-state index contributed by atoms with van der Waals surface area (Å²) in [5.41, 5.74) is 7.71. The molecule has 0 unspecified atom stereocenters. The highest BCUT2D eigenvalue weighted by molar-refractivity contribution is 7.92. The number of H-pyrrole nitrogens is 1. The van der Waals surface area contributed by atoms with Gasteiger partial charge in [-0.05, 0) is 44.5 Å². The molecule has 0 aliphatic rings. The van der Waals surface area contributed by atoms with Crippen molar-refractivity contribution in [3.63, 3.8) is 0 Å². The molecule has 7 heteroatoms. The van der Waals surface area contributed by atoms with Crippen LogP contribution in [0.5, 0.6) is 0 Å². The van der Waals surface area contributed by atoms with Crippen LogP contribution < -0.4 is 10.0 Å². The smallest absolute Gasteiger partial charge is 0.267 e. The summed E-state index contributed by atoms with van der Waals surface area (Å²) in [5, 5.41) is 6.47. The molecule has 0 saturated heterocycles. The van der Waals surface area contributed by atoms with Crippen molar-refractivity contribution in [3.8, 4) is 0 Å². The second kappa shape index (κ2) is 6.28. The molecule has 2 aromatic rings. The summed E-state index contributed by atoms with van der Waals surface area (Å²) < 4.78 is 27.1. The Labute approximate surface area is 125 Å². The molecular weight excluding hydrogens is 288 g/mol. The van der Waals surface area contributed by atoms with Crippen molar-refractivity contribution in [2.24, 2.45) is 5.73 Å². The van der Waals surface area contributed by atoms with Crippen molar-refractivity contribution in [2.75, 3.05) is 17.4 Å². The van der Waals surface area contributed by atoms with Crippen molar-refractivity contribution in [3.05, 3.63) is 41.7 Å². The summed E-state index contributed by atoms with van der Waals surface area (Å²) in [4.78, 5) is 0.195. The standard InChI is InChI=1S/C14H20N4O2S/c1-11-5-3-6-13(9-11)18(8-4-7-15)21(19,20)14-10-16-17-12(14)2/h3,5-6,9-10H,4,7-8,15H2,1-2H3,(H,16,17). The number of sulfonamides is 1. The minimum absolute atomic E-state index is 0.195. The molecule has 0 fully saturated rings. The predicted octanol–water partition coefficient (Wildman–Crippen LogP) is 1.57. The lowest BCUT2D eigenvalue weighted by molar-refractivity contribution is 0.589. The molecule has 0 amide bonds. The molecule has 114 valence electrons. The topological polar surface area (TPSA) is 92.1 Å². The molecule has 0 bridgehead atoms. The monoisotopic (exact) mass is 308 g/mol. The Kier molecular flexibility index (Phi) is 4.64. The Morgan fingerprint density at radius 3 is 2.67 bits per heavy atom. The summed E-state index contributed by atoms with van der Waals surface area (Å²) in [6.45, 7) is 4.40. The lowest BCUT2D eigenvalue weighted by Gasteiger charge is -2.24. The van der Waals surface area contributed by atoms with E-state index in [4.69, 9.17) is 5.73 Å². The molecule has 0 aliphatic heterocycles. The predicted molar refractivity (Wildman–Crippen MR) is 82.7 cm³/mol. The number of nitrogens with two attached hydrogens (primary N) is 1. The van der Waals surface area contributed by atoms with E-state index in [0.717, 1.165) is 5.56 Å². The van der Waals surface area contributed by atoms with Crippen LogP contribution in [0.3, 0.4) is 0 Å². The van der Waals surface area contributed by atoms with Crippen LogP contribution >= 0.6 is 0 Å². The number of anilines is 1. The molecule has 2 rings (SSSR count). The van der Waals surface area contributed by atoms with Gasteiger partial charge in [0.15, 0.2) is 0 Å². The van der Waals surface area contributed by atoms with Gasteiger partial charge in [0.05, 0.1) is 17.6 Å². The maximum atomic E-state index is 12.9. The number of aromatic amines is 1. The van der Waals surface area contributed by atoms with E-state index in [1.54, 1.807) is 13.0 Å². The third-order valence-corrected chi connectivity index (χ3v) is 5.15. The summed E-state index contributed by atoms with van der Waals surface area (Å²) in [7, 11) is -3.65. The quantitative estimate of drug-likeness (QED) is 0.847. The number of aryl methyl sites for hydroxylation is 2. The van der Waals surface area contributed by atoms with E-state index in [2.05, 4.69) is 10.2 Å². The summed E-state index contributed by atoms with van der Waals surface area (Å²) in [6.07, 6.45) is 1.93. The fourth-order valence-corrected chi connectivity index (χ4v) is 3.74. The lowest BCUT2D eigenvalue weighted by atomic mass is 10.2. The SMILES string of the molecule is Cc1cccc(N(CCCN)S(=O)(=O)c2cn[nH]c2C)c1. The molecule has 0 spiro atoms. The zero-order valence-electron chi connectivity index (χ0n) is 12.2. The van der Waals surface area contributed by atoms with Crippen LogP contribution in [0.1, 0.15) is 17.7 Å². The molecule has 21 heavy (non-hydrogen) atoms. The molecule has 1 aromatic carbocycles. The van der Waals surface area contributed by atoms with Gasteiger partial charge in [-0.3, -0.25) is 9.40 Å². The number of rotatable bonds is 6. The normalized spacial score (nSPS) is 11.6. The third kappa shape index (κ3) is 3.25. The summed E-state index contributed by atoms with van der Waals surface area (Å²) >= 11 is 0. The lowest BCUT2D eigenvalue weighted by Crippen LogP contribution is -2.33. The molecule has 1 aromatic heterocycles. The number of hydrogen-bond donors (Lipinski definition) is 2. The summed E-state index contributed by atoms with van der Waals surface area (Å²) in [6, 6.07) is 7.41. The first-order valence-corrected chi connectivity index (χ1v) is 8.20. The van der Waals surface area contributed by atoms with Gasteiger partial charge < -0.3 is 5.73 Å². The van der Waals surface area contributed by atoms with E-state index in [1.807, 2.05) is 25.1 Å². The zero-order chi connectivity index (χ0) is 15.5. The average molecular weight is 308 g/mol. The number of benzene rings is 1. The van der Waals surface area contributed by atoms with Crippen LogP contribution in [-0.4, -0.2) is 31.7 Å². The van der Waals surface area contributed by atoms with Crippen LogP contribution in [0.2, 0.25) is 0 Å². The number of aromatic nitrogens is 2. The molecule has 0 radical (unpaired) electrons. The van der Waals surface area contributed by atoms with E-state index >= 15 is 0 Å². The third-order valence-electron chi connectivity index (χ3n) is 3.21. The fourth-order valence-electron chi connectivity index (χ4n) is 2.12. The van der Waals surface area contributed by atoms with E-state index in [9.17, 15) is 8.42 Å². The van der Waals surface area contributed by atoms with Crippen LogP contribution in [-0.2, 0) is 10.0 Å². The number of nitrogens with zero attached hydrogens (tertiary/aromatic N) is 2. The molecule has 1 heterocycles. The highest BCUT2D eigenvalue weighted by Gasteiger charge is 2.27. The van der Waals surface area contributed by atoms with Gasteiger partial charge in [-0.2, -0.15) is 5.10 Å². The Bertz CT molecular complexity index is 709. The van der Waals surface area contributed by atoms with E-state index in [1.165, 1.54) is 10.5 Å². The second-order valence-corrected chi connectivity index (χ2v) is 6.75. The second-order valence-electron chi connectivity index (χ2n) is 4.92. The molecule has 0 atom stereocenters. The molecule has 0 aliphatic carbocycles. The molecular formula is C14H20N4O2S. The Hall–Kier alpha value is -1.86. The molecule has 3 N–H and O–H groups in total. The highest BCUT2D eigenvalue weighted by atomic mass is 32.2. The van der Waals surface area contributed by atoms with Crippen LogP contribution in [0.15, 0.2) is 35.4 Å². The zero-order valence-corrected chi connectivity index (χ0v) is 13.0. The van der Waals surface area contributed by atoms with Crippen molar-refractivity contribution >= 4 is 15.7 Å². The van der Waals surface area contributed by atoms with Crippen molar-refractivity contribution in [1.29, 1.82) is 0 Å². The van der Waals surface area contributed by atoms with Gasteiger partial charge in [-0.1, -0.05) is 12.1 Å². The average Bonchev–Trinajstić information content (AvgIpc) is 2.86. The Morgan fingerprint density at radius 1 is 1.33 bits per heavy atom. The first-order chi connectivity index (χ1) is 9.96. The largest absolute Gasteiger partial charge is 0.330 e. The van der Waals surface area contributed by atoms with Gasteiger partial charge in [0.2, 0.25) is 0 Å². The maximum Gasteiger partial charge on any atom is 0.267 e. The van der Waals surface area contributed by atoms with Crippen molar-refractivity contribution < 1.29 is 8.42 Å². The fraction of sp³-hybridized carbons (Fsp3) is 0.357. The van der Waals surface area contributed by atoms with Gasteiger partial charge in [0, 0.05) is 6.54 Å². The van der Waals surface area contributed by atoms with Gasteiger partial charge >= 0.3 is 0 Å². The maximum absolute atomic E-state index is 12.9. The van der Waals surface area contributed by atoms with Crippen LogP contribution in [0.25, 0.3) is 0 Å². The minimum Gasteiger partial charge on any atom is -0.330 e. The van der Waals surface area contributed by atoms with E-state index < -0.39 is 10.0 Å². The number of hydrogen-bond acceptors (Lipinski definition) is 4. The highest BCUT2D eigenvalue weighted by Crippen LogP contribution is 2.25. The Morgan fingerprint density at radius 2 is 2.10 bits per heavy atom. The minimum atomic E-state index is -3.65. The molecule has 0 saturated carbocycles. The Balaban J connectivity index is 2.48. The van der Waals surface area contributed by atoms with Gasteiger partial charge in [0.1, 0.15) is 4.90 Å². The number of nitrogens with one attached hydrogen (secondary N) is 1. The van der Waals surface area contributed by atoms with E-state index in [0.29, 0.717) is 30.9 Å². The van der Waals surface area contributed by atoms with Crippen LogP contribution in [0.4, 0.5) is 5.69 Å². The van der Waals surface area contributed by atoms with Gasteiger partial charge in [-0.25, -0.2) is 8.42 Å². The van der Waals surface area contributed by atoms with E-state index in [-0.39, 0.29) is 4.90 Å².